The summed E-state index contributed by atoms with van der Waals surface area (Å²) in [4.78, 5) is 27.3. The van der Waals surface area contributed by atoms with Crippen molar-refractivity contribution in [2.24, 2.45) is 7.05 Å². The number of imidazole rings is 1. The highest BCUT2D eigenvalue weighted by Crippen LogP contribution is 2.04. The quantitative estimate of drug-likeness (QED) is 0.804. The van der Waals surface area contributed by atoms with Crippen molar-refractivity contribution in [3.05, 3.63) is 54.1 Å². The molecule has 22 heavy (non-hydrogen) atoms. The lowest BCUT2D eigenvalue weighted by Crippen LogP contribution is -2.42. The van der Waals surface area contributed by atoms with Gasteiger partial charge in [-0.25, -0.2) is 9.78 Å². The third-order valence-corrected chi connectivity index (χ3v) is 3.42. The second-order valence-corrected chi connectivity index (χ2v) is 5.10. The molecule has 2 rings (SSSR count). The molecule has 0 spiro atoms. The second-order valence-electron chi connectivity index (χ2n) is 5.10. The van der Waals surface area contributed by atoms with Gasteiger partial charge in [-0.3, -0.25) is 4.79 Å². The Morgan fingerprint density at radius 1 is 1.32 bits per heavy atom. The number of nitrogens with zero attached hydrogens (tertiary/aromatic N) is 2. The van der Waals surface area contributed by atoms with Crippen LogP contribution < -0.4 is 5.32 Å². The van der Waals surface area contributed by atoms with Crippen molar-refractivity contribution < 1.29 is 14.7 Å². The van der Waals surface area contributed by atoms with Crippen LogP contribution in [0, 0.1) is 0 Å². The van der Waals surface area contributed by atoms with Gasteiger partial charge >= 0.3 is 5.97 Å². The molecular weight excluding hydrogens is 282 g/mol. The number of hydrogen-bond donors (Lipinski definition) is 2. The van der Waals surface area contributed by atoms with Gasteiger partial charge in [-0.15, -0.1) is 0 Å². The molecule has 0 bridgehead atoms. The SMILES string of the molecule is Cn1ccnc1CC(NC(=O)CCc1ccccc1)C(=O)O. The molecule has 2 N–H and O–H groups in total. The van der Waals surface area contributed by atoms with E-state index >= 15 is 0 Å². The van der Waals surface area contributed by atoms with E-state index in [1.807, 2.05) is 30.3 Å². The van der Waals surface area contributed by atoms with Crippen LogP contribution in [-0.4, -0.2) is 32.6 Å². The molecule has 1 atom stereocenters. The van der Waals surface area contributed by atoms with Gasteiger partial charge < -0.3 is 15.0 Å². The van der Waals surface area contributed by atoms with E-state index in [1.165, 1.54) is 0 Å². The van der Waals surface area contributed by atoms with Gasteiger partial charge in [0.25, 0.3) is 0 Å². The van der Waals surface area contributed by atoms with Crippen LogP contribution in [0.5, 0.6) is 0 Å². The van der Waals surface area contributed by atoms with E-state index in [0.717, 1.165) is 5.56 Å². The highest BCUT2D eigenvalue weighted by atomic mass is 16.4. The normalized spacial score (nSPS) is 11.9. The molecule has 0 aliphatic heterocycles. The predicted molar refractivity (Wildman–Crippen MR) is 81.2 cm³/mol. The average Bonchev–Trinajstić information content (AvgIpc) is 2.91. The van der Waals surface area contributed by atoms with Gasteiger partial charge in [0.15, 0.2) is 0 Å². The van der Waals surface area contributed by atoms with E-state index in [2.05, 4.69) is 10.3 Å². The van der Waals surface area contributed by atoms with Gasteiger partial charge in [0.05, 0.1) is 0 Å². The zero-order valence-electron chi connectivity index (χ0n) is 12.4. The number of rotatable bonds is 7. The number of carboxylic acid groups (broad SMARTS) is 1. The summed E-state index contributed by atoms with van der Waals surface area (Å²) in [5.41, 5.74) is 1.05. The minimum absolute atomic E-state index is 0.163. The monoisotopic (exact) mass is 301 g/mol. The summed E-state index contributed by atoms with van der Waals surface area (Å²) in [6, 6.07) is 8.65. The van der Waals surface area contributed by atoms with Crippen molar-refractivity contribution in [3.63, 3.8) is 0 Å². The highest BCUT2D eigenvalue weighted by molar-refractivity contribution is 5.83. The van der Waals surface area contributed by atoms with Crippen LogP contribution in [-0.2, 0) is 29.5 Å². The van der Waals surface area contributed by atoms with E-state index in [-0.39, 0.29) is 18.7 Å². The maximum Gasteiger partial charge on any atom is 0.326 e. The third kappa shape index (κ3) is 4.44. The summed E-state index contributed by atoms with van der Waals surface area (Å²) in [5, 5.41) is 11.8. The van der Waals surface area contributed by atoms with Gasteiger partial charge in [0.2, 0.25) is 5.91 Å². The molecule has 6 heteroatoms. The lowest BCUT2D eigenvalue weighted by atomic mass is 10.1. The van der Waals surface area contributed by atoms with Gasteiger partial charge in [-0.05, 0) is 12.0 Å². The molecule has 116 valence electrons. The fourth-order valence-electron chi connectivity index (χ4n) is 2.14. The Morgan fingerprint density at radius 2 is 2.05 bits per heavy atom. The first-order chi connectivity index (χ1) is 10.6. The summed E-state index contributed by atoms with van der Waals surface area (Å²) < 4.78 is 1.74. The minimum atomic E-state index is -1.06. The molecule has 0 radical (unpaired) electrons. The Hall–Kier alpha value is -2.63. The molecule has 0 saturated carbocycles. The van der Waals surface area contributed by atoms with Crippen molar-refractivity contribution in [3.8, 4) is 0 Å². The second kappa shape index (κ2) is 7.40. The number of aliphatic carboxylic acids is 1. The average molecular weight is 301 g/mol. The first-order valence-electron chi connectivity index (χ1n) is 7.08. The number of amides is 1. The lowest BCUT2D eigenvalue weighted by molar-refractivity contribution is -0.141. The summed E-state index contributed by atoms with van der Waals surface area (Å²) in [6.45, 7) is 0. The number of carboxylic acids is 1. The van der Waals surface area contributed by atoms with Crippen LogP contribution in [0.15, 0.2) is 42.7 Å². The molecule has 1 aromatic heterocycles. The fraction of sp³-hybridized carbons (Fsp3) is 0.312. The molecule has 1 unspecified atom stereocenters. The maximum absolute atomic E-state index is 11.9. The molecular formula is C16H19N3O3. The molecule has 0 aliphatic rings. The Kier molecular flexibility index (Phi) is 5.30. The van der Waals surface area contributed by atoms with Gasteiger partial charge in [0, 0.05) is 32.3 Å². The lowest BCUT2D eigenvalue weighted by Gasteiger charge is -2.14. The maximum atomic E-state index is 11.9. The molecule has 6 nitrogen and oxygen atoms in total. The number of aromatic nitrogens is 2. The van der Waals surface area contributed by atoms with Crippen molar-refractivity contribution >= 4 is 11.9 Å². The summed E-state index contributed by atoms with van der Waals surface area (Å²) >= 11 is 0. The van der Waals surface area contributed by atoms with Crippen molar-refractivity contribution in [2.45, 2.75) is 25.3 Å². The predicted octanol–water partition coefficient (Wildman–Crippen LogP) is 1.16. The zero-order valence-corrected chi connectivity index (χ0v) is 12.4. The summed E-state index contributed by atoms with van der Waals surface area (Å²) in [7, 11) is 1.79. The number of nitrogens with one attached hydrogen (secondary N) is 1. The Labute approximate surface area is 128 Å². The first kappa shape index (κ1) is 15.8. The van der Waals surface area contributed by atoms with E-state index in [1.54, 1.807) is 24.0 Å². The third-order valence-electron chi connectivity index (χ3n) is 3.42. The topological polar surface area (TPSA) is 84.2 Å². The van der Waals surface area contributed by atoms with Crippen LogP contribution in [0.2, 0.25) is 0 Å². The summed E-state index contributed by atoms with van der Waals surface area (Å²) in [5.74, 6) is -0.711. The van der Waals surface area contributed by atoms with Crippen LogP contribution in [0.4, 0.5) is 0 Å². The molecule has 1 heterocycles. The summed E-state index contributed by atoms with van der Waals surface area (Å²) in [6.07, 6.45) is 4.35. The van der Waals surface area contributed by atoms with Crippen molar-refractivity contribution in [1.29, 1.82) is 0 Å². The Morgan fingerprint density at radius 3 is 2.64 bits per heavy atom. The fourth-order valence-corrected chi connectivity index (χ4v) is 2.14. The Balaban J connectivity index is 1.89. The van der Waals surface area contributed by atoms with Gasteiger partial charge in [-0.2, -0.15) is 0 Å². The highest BCUT2D eigenvalue weighted by Gasteiger charge is 2.21. The van der Waals surface area contributed by atoms with Gasteiger partial charge in [0.1, 0.15) is 11.9 Å². The largest absolute Gasteiger partial charge is 0.480 e. The number of aryl methyl sites for hydroxylation is 2. The van der Waals surface area contributed by atoms with Crippen molar-refractivity contribution in [1.82, 2.24) is 14.9 Å². The number of benzene rings is 1. The number of carbonyl (C=O) groups excluding carboxylic acids is 1. The molecule has 0 aliphatic carbocycles. The van der Waals surface area contributed by atoms with Crippen LogP contribution in [0.3, 0.4) is 0 Å². The minimum Gasteiger partial charge on any atom is -0.480 e. The first-order valence-corrected chi connectivity index (χ1v) is 7.08. The molecule has 0 saturated heterocycles. The van der Waals surface area contributed by atoms with Crippen molar-refractivity contribution in [2.75, 3.05) is 0 Å². The van der Waals surface area contributed by atoms with E-state index < -0.39 is 12.0 Å². The van der Waals surface area contributed by atoms with Crippen LogP contribution >= 0.6 is 0 Å². The number of carbonyl (C=O) groups is 2. The Bertz CT molecular complexity index is 637. The van der Waals surface area contributed by atoms with E-state index in [9.17, 15) is 14.7 Å². The molecule has 2 aromatic rings. The number of hydrogen-bond acceptors (Lipinski definition) is 3. The van der Waals surface area contributed by atoms with E-state index in [0.29, 0.717) is 12.2 Å². The molecule has 1 aromatic carbocycles. The molecule has 1 amide bonds. The standard InChI is InChI=1S/C16H19N3O3/c1-19-10-9-17-14(19)11-13(16(21)22)18-15(20)8-7-12-5-3-2-4-6-12/h2-6,9-10,13H,7-8,11H2,1H3,(H,18,20)(H,21,22). The van der Waals surface area contributed by atoms with Gasteiger partial charge in [-0.1, -0.05) is 30.3 Å². The zero-order chi connectivity index (χ0) is 15.9. The van der Waals surface area contributed by atoms with E-state index in [4.69, 9.17) is 0 Å². The van der Waals surface area contributed by atoms with Crippen LogP contribution in [0.25, 0.3) is 0 Å². The smallest absolute Gasteiger partial charge is 0.326 e. The van der Waals surface area contributed by atoms with Crippen LogP contribution in [0.1, 0.15) is 17.8 Å². The molecule has 0 fully saturated rings.